The minimum Gasteiger partial charge on any atom is -0.463 e. The Kier molecular flexibility index (Phi) is 7.15. The van der Waals surface area contributed by atoms with Crippen LogP contribution in [0.1, 0.15) is 20.1 Å². The molecule has 0 radical (unpaired) electrons. The van der Waals surface area contributed by atoms with Crippen LogP contribution in [0.5, 0.6) is 0 Å². The normalized spacial score (nSPS) is 22.6. The van der Waals surface area contributed by atoms with Crippen LogP contribution < -0.4 is 11.4 Å². The Hall–Kier alpha value is -3.29. The minimum atomic E-state index is -4.06. The fraction of sp³-hybridized carbons (Fsp3) is 0.400. The molecule has 1 aromatic heterocycles. The molecule has 0 amide bonds. The van der Waals surface area contributed by atoms with E-state index in [1.807, 2.05) is 0 Å². The molecule has 12 nitrogen and oxygen atoms in total. The van der Waals surface area contributed by atoms with Crippen LogP contribution in [0.4, 0.5) is 5.82 Å². The number of nitrogen functional groups attached to an aromatic ring is 1. The molecule has 0 aliphatic carbocycles. The van der Waals surface area contributed by atoms with Crippen molar-refractivity contribution in [1.82, 2.24) is 9.55 Å². The summed E-state index contributed by atoms with van der Waals surface area (Å²) in [6.07, 6.45) is -3.14. The van der Waals surface area contributed by atoms with Crippen LogP contribution in [0, 0.1) is 0 Å². The first kappa shape index (κ1) is 24.4. The van der Waals surface area contributed by atoms with Crippen molar-refractivity contribution in [1.29, 1.82) is 0 Å². The zero-order chi connectivity index (χ0) is 24.3. The first-order valence-electron chi connectivity index (χ1n) is 9.74. The average Bonchev–Trinajstić information content (AvgIpc) is 3.02. The van der Waals surface area contributed by atoms with E-state index in [2.05, 4.69) is 4.98 Å². The van der Waals surface area contributed by atoms with E-state index in [0.29, 0.717) is 11.1 Å². The number of aromatic nitrogens is 2. The van der Waals surface area contributed by atoms with Crippen LogP contribution in [-0.2, 0) is 38.1 Å². The number of carbonyl (C=O) groups excluding carboxylic acids is 2. The van der Waals surface area contributed by atoms with Crippen LogP contribution in [-0.4, -0.2) is 61.1 Å². The van der Waals surface area contributed by atoms with E-state index in [4.69, 9.17) is 24.1 Å². The minimum absolute atomic E-state index is 0.0371. The molecule has 2 heterocycles. The molecule has 1 saturated heterocycles. The van der Waals surface area contributed by atoms with E-state index in [0.717, 1.165) is 24.7 Å². The van der Waals surface area contributed by atoms with E-state index in [1.165, 1.54) is 6.20 Å². The van der Waals surface area contributed by atoms with Gasteiger partial charge in [0.1, 0.15) is 24.6 Å². The lowest BCUT2D eigenvalue weighted by molar-refractivity contribution is -0.155. The molecule has 3 rings (SSSR count). The van der Waals surface area contributed by atoms with Crippen LogP contribution in [0.15, 0.2) is 41.3 Å². The van der Waals surface area contributed by atoms with Crippen LogP contribution >= 0.6 is 0 Å². The lowest BCUT2D eigenvalue weighted by atomic mass is 10.1. The molecule has 0 unspecified atom stereocenters. The van der Waals surface area contributed by atoms with Gasteiger partial charge in [0.05, 0.1) is 6.26 Å². The first-order valence-corrected chi connectivity index (χ1v) is 11.6. The Morgan fingerprint density at radius 2 is 1.82 bits per heavy atom. The van der Waals surface area contributed by atoms with E-state index in [-0.39, 0.29) is 5.82 Å². The highest BCUT2D eigenvalue weighted by Gasteiger charge is 2.51. The number of nitrogens with zero attached hydrogens (tertiary/aromatic N) is 2. The molecule has 33 heavy (non-hydrogen) atoms. The van der Waals surface area contributed by atoms with Crippen LogP contribution in [0.3, 0.4) is 0 Å². The van der Waals surface area contributed by atoms with E-state index < -0.39 is 58.9 Å². The summed E-state index contributed by atoms with van der Waals surface area (Å²) in [7, 11) is -4.06. The monoisotopic (exact) mass is 481 g/mol. The number of hydrogen-bond acceptors (Lipinski definition) is 11. The molecule has 0 saturated carbocycles. The first-order chi connectivity index (χ1) is 15.5. The summed E-state index contributed by atoms with van der Waals surface area (Å²) in [5, 5.41) is 0. The van der Waals surface area contributed by atoms with Gasteiger partial charge in [-0.2, -0.15) is 13.4 Å². The fourth-order valence-electron chi connectivity index (χ4n) is 3.40. The van der Waals surface area contributed by atoms with Gasteiger partial charge in [0.15, 0.2) is 12.3 Å². The molecule has 0 spiro atoms. The summed E-state index contributed by atoms with van der Waals surface area (Å²) >= 11 is 0. The van der Waals surface area contributed by atoms with Crippen molar-refractivity contribution < 1.29 is 36.4 Å². The van der Waals surface area contributed by atoms with Crippen molar-refractivity contribution in [2.24, 2.45) is 0 Å². The molecular weight excluding hydrogens is 458 g/mol. The van der Waals surface area contributed by atoms with Gasteiger partial charge >= 0.3 is 17.6 Å². The van der Waals surface area contributed by atoms with Gasteiger partial charge in [-0.1, -0.05) is 30.3 Å². The smallest absolute Gasteiger partial charge is 0.351 e. The molecule has 13 heteroatoms. The Balaban J connectivity index is 2.10. The third kappa shape index (κ3) is 5.94. The maximum Gasteiger partial charge on any atom is 0.351 e. The van der Waals surface area contributed by atoms with Gasteiger partial charge in [-0.3, -0.25) is 18.3 Å². The molecule has 1 aliphatic heterocycles. The van der Waals surface area contributed by atoms with E-state index >= 15 is 0 Å². The molecule has 1 fully saturated rings. The van der Waals surface area contributed by atoms with Crippen molar-refractivity contribution in [3.8, 4) is 11.1 Å². The van der Waals surface area contributed by atoms with Crippen molar-refractivity contribution >= 4 is 27.9 Å². The molecule has 2 aromatic rings. The highest BCUT2D eigenvalue weighted by molar-refractivity contribution is 7.86. The average molecular weight is 481 g/mol. The van der Waals surface area contributed by atoms with E-state index in [1.54, 1.807) is 30.3 Å². The highest BCUT2D eigenvalue weighted by atomic mass is 32.2. The van der Waals surface area contributed by atoms with Crippen molar-refractivity contribution in [3.63, 3.8) is 0 Å². The second-order valence-corrected chi connectivity index (χ2v) is 8.90. The van der Waals surface area contributed by atoms with Gasteiger partial charge in [0.25, 0.3) is 10.1 Å². The van der Waals surface area contributed by atoms with Crippen molar-refractivity contribution in [2.45, 2.75) is 38.4 Å². The van der Waals surface area contributed by atoms with Gasteiger partial charge in [0, 0.05) is 25.6 Å². The summed E-state index contributed by atoms with van der Waals surface area (Å²) in [6, 6.07) is 8.83. The zero-order valence-corrected chi connectivity index (χ0v) is 18.9. The Bertz CT molecular complexity index is 1200. The number of benzene rings is 1. The largest absolute Gasteiger partial charge is 0.463 e. The number of carbonyl (C=O) groups is 2. The molecule has 0 bridgehead atoms. The number of hydrogen-bond donors (Lipinski definition) is 1. The predicted molar refractivity (Wildman–Crippen MR) is 114 cm³/mol. The van der Waals surface area contributed by atoms with Gasteiger partial charge in [0.2, 0.25) is 0 Å². The predicted octanol–water partition coefficient (Wildman–Crippen LogP) is 0.230. The number of nitrogens with two attached hydrogens (primary N) is 1. The number of ether oxygens (including phenoxy) is 3. The second kappa shape index (κ2) is 9.68. The number of anilines is 1. The Morgan fingerprint density at radius 3 is 2.39 bits per heavy atom. The third-order valence-electron chi connectivity index (χ3n) is 4.66. The van der Waals surface area contributed by atoms with Gasteiger partial charge in [-0.25, -0.2) is 4.79 Å². The van der Waals surface area contributed by atoms with Gasteiger partial charge in [-0.05, 0) is 5.56 Å². The highest BCUT2D eigenvalue weighted by Crippen LogP contribution is 2.35. The quantitative estimate of drug-likeness (QED) is 0.425. The zero-order valence-electron chi connectivity index (χ0n) is 18.0. The lowest BCUT2D eigenvalue weighted by Gasteiger charge is -2.24. The summed E-state index contributed by atoms with van der Waals surface area (Å²) in [5.74, 6) is -1.46. The summed E-state index contributed by atoms with van der Waals surface area (Å²) in [5.41, 5.74) is 6.15. The number of rotatable bonds is 7. The van der Waals surface area contributed by atoms with Gasteiger partial charge in [-0.15, -0.1) is 0 Å². The molecule has 178 valence electrons. The van der Waals surface area contributed by atoms with Crippen LogP contribution in [0.25, 0.3) is 11.1 Å². The molecular formula is C20H23N3O9S. The van der Waals surface area contributed by atoms with Crippen molar-refractivity contribution in [2.75, 3.05) is 18.6 Å². The second-order valence-electron chi connectivity index (χ2n) is 7.30. The fourth-order valence-corrected chi connectivity index (χ4v) is 4.04. The topological polar surface area (TPSA) is 166 Å². The molecule has 1 aromatic carbocycles. The van der Waals surface area contributed by atoms with Crippen LogP contribution in [0.2, 0.25) is 0 Å². The maximum absolute atomic E-state index is 12.7. The molecule has 2 N–H and O–H groups in total. The van der Waals surface area contributed by atoms with Crippen molar-refractivity contribution in [3.05, 3.63) is 47.0 Å². The van der Waals surface area contributed by atoms with Gasteiger partial charge < -0.3 is 19.9 Å². The SMILES string of the molecule is CC(=O)OC[C@H]1O[C@@H](n2cc(-c3ccccc3)c(N)nc2=O)[C@H](OC(C)=O)[C@H]1OS(C)(=O)=O. The number of esters is 2. The van der Waals surface area contributed by atoms with E-state index in [9.17, 15) is 22.8 Å². The summed E-state index contributed by atoms with van der Waals surface area (Å²) in [4.78, 5) is 39.6. The third-order valence-corrected chi connectivity index (χ3v) is 5.24. The standard InChI is InChI=1S/C20H23N3O9S/c1-11(24)29-10-15-16(32-33(3,27)28)17(30-12(2)25)19(31-15)23-9-14(18(21)22-20(23)26)13-7-5-4-6-8-13/h4-9,15-17,19H,10H2,1-3H3,(H2,21,22,26)/t15-,16+,17-,19-/m1/s1. The molecule has 1 aliphatic rings. The maximum atomic E-state index is 12.7. The molecule has 4 atom stereocenters. The Labute approximate surface area is 189 Å². The lowest BCUT2D eigenvalue weighted by Crippen LogP contribution is -2.42. The summed E-state index contributed by atoms with van der Waals surface area (Å²) < 4.78 is 45.9. The Morgan fingerprint density at radius 1 is 1.15 bits per heavy atom. The summed E-state index contributed by atoms with van der Waals surface area (Å²) in [6.45, 7) is 1.85.